The van der Waals surface area contributed by atoms with E-state index >= 15 is 0 Å². The van der Waals surface area contributed by atoms with Gasteiger partial charge in [-0.2, -0.15) is 17.0 Å². The number of nitrogens with zero attached hydrogens (tertiary/aromatic N) is 1. The third-order valence-corrected chi connectivity index (χ3v) is 3.10. The second-order valence-electron chi connectivity index (χ2n) is 3.16. The van der Waals surface area contributed by atoms with Crippen molar-refractivity contribution in [1.82, 2.24) is 0 Å². The topological polar surface area (TPSA) is 33.0 Å². The molecule has 0 spiro atoms. The molecule has 1 rings (SSSR count). The quantitative estimate of drug-likeness (QED) is 0.692. The highest BCUT2D eigenvalue weighted by Crippen LogP contribution is 2.19. The summed E-state index contributed by atoms with van der Waals surface area (Å²) in [6.45, 7) is 0.748. The van der Waals surface area contributed by atoms with Crippen LogP contribution in [0.5, 0.6) is 0 Å². The molecule has 0 aliphatic rings. The smallest absolute Gasteiger partial charge is 0.0803 e. The molecule has 2 nitrogen and oxygen atoms in total. The number of hydrogen-bond donors (Lipinski definition) is 0. The molecule has 1 aromatic rings. The van der Waals surface area contributed by atoms with Crippen LogP contribution in [-0.4, -0.2) is 25.2 Å². The number of hydrogen-bond acceptors (Lipinski definition) is 3. The van der Waals surface area contributed by atoms with E-state index in [1.807, 2.05) is 30.3 Å². The van der Waals surface area contributed by atoms with Crippen LogP contribution in [0, 0.1) is 11.3 Å². The maximum absolute atomic E-state index is 9.04. The van der Waals surface area contributed by atoms with Crippen LogP contribution in [0.2, 0.25) is 0 Å². The van der Waals surface area contributed by atoms with E-state index in [1.165, 1.54) is 0 Å². The summed E-state index contributed by atoms with van der Waals surface area (Å²) in [5.41, 5.74) is 1.10. The summed E-state index contributed by atoms with van der Waals surface area (Å²) in [7, 11) is 1.69. The average molecular weight is 221 g/mol. The second kappa shape index (κ2) is 7.33. The number of nitriles is 1. The van der Waals surface area contributed by atoms with Crippen molar-refractivity contribution >= 4 is 11.8 Å². The Hall–Kier alpha value is -0.980. The molecule has 0 amide bonds. The van der Waals surface area contributed by atoms with Crippen LogP contribution >= 0.6 is 11.8 Å². The molecule has 15 heavy (non-hydrogen) atoms. The Balaban J connectivity index is 2.41. The SMILES string of the molecule is COCCSCC(C#N)c1ccccc1. The van der Waals surface area contributed by atoms with E-state index in [-0.39, 0.29) is 5.92 Å². The Morgan fingerprint density at radius 2 is 2.13 bits per heavy atom. The zero-order valence-corrected chi connectivity index (χ0v) is 9.67. The van der Waals surface area contributed by atoms with E-state index in [0.29, 0.717) is 0 Å². The van der Waals surface area contributed by atoms with Gasteiger partial charge in [-0.05, 0) is 5.56 Å². The van der Waals surface area contributed by atoms with Gasteiger partial charge >= 0.3 is 0 Å². The largest absolute Gasteiger partial charge is 0.384 e. The van der Waals surface area contributed by atoms with E-state index in [0.717, 1.165) is 23.7 Å². The molecule has 0 aliphatic heterocycles. The molecule has 80 valence electrons. The summed E-state index contributed by atoms with van der Waals surface area (Å²) in [6.07, 6.45) is 0. The van der Waals surface area contributed by atoms with Gasteiger partial charge in [-0.1, -0.05) is 30.3 Å². The van der Waals surface area contributed by atoms with Gasteiger partial charge in [-0.15, -0.1) is 0 Å². The third kappa shape index (κ3) is 4.37. The van der Waals surface area contributed by atoms with Crippen molar-refractivity contribution in [3.63, 3.8) is 0 Å². The highest BCUT2D eigenvalue weighted by Gasteiger charge is 2.09. The number of thioether (sulfide) groups is 1. The fraction of sp³-hybridized carbons (Fsp3) is 0.417. The van der Waals surface area contributed by atoms with Gasteiger partial charge in [0.05, 0.1) is 18.6 Å². The molecule has 0 fully saturated rings. The molecule has 0 saturated heterocycles. The lowest BCUT2D eigenvalue weighted by molar-refractivity contribution is 0.218. The first-order chi connectivity index (χ1) is 7.38. The predicted molar refractivity (Wildman–Crippen MR) is 64.0 cm³/mol. The first kappa shape index (κ1) is 12.1. The van der Waals surface area contributed by atoms with Gasteiger partial charge in [0.2, 0.25) is 0 Å². The Kier molecular flexibility index (Phi) is 5.91. The number of ether oxygens (including phenoxy) is 1. The van der Waals surface area contributed by atoms with Crippen LogP contribution in [0.1, 0.15) is 11.5 Å². The lowest BCUT2D eigenvalue weighted by atomic mass is 10.0. The van der Waals surface area contributed by atoms with Crippen LogP contribution in [0.3, 0.4) is 0 Å². The van der Waals surface area contributed by atoms with Gasteiger partial charge in [0.15, 0.2) is 0 Å². The lowest BCUT2D eigenvalue weighted by Crippen LogP contribution is -2.01. The van der Waals surface area contributed by atoms with Crippen LogP contribution < -0.4 is 0 Å². The molecule has 0 radical (unpaired) electrons. The first-order valence-electron chi connectivity index (χ1n) is 4.89. The standard InChI is InChI=1S/C12H15NOS/c1-14-7-8-15-10-12(9-13)11-5-3-2-4-6-11/h2-6,12H,7-8,10H2,1H3. The number of benzene rings is 1. The summed E-state index contributed by atoms with van der Waals surface area (Å²) in [5, 5.41) is 9.04. The minimum Gasteiger partial charge on any atom is -0.384 e. The lowest BCUT2D eigenvalue weighted by Gasteiger charge is -2.08. The summed E-state index contributed by atoms with van der Waals surface area (Å²) in [6, 6.07) is 12.3. The normalized spacial score (nSPS) is 12.0. The van der Waals surface area contributed by atoms with Gasteiger partial charge in [0.25, 0.3) is 0 Å². The Bertz CT molecular complexity index is 307. The van der Waals surface area contributed by atoms with Gasteiger partial charge in [0.1, 0.15) is 0 Å². The molecule has 0 N–H and O–H groups in total. The highest BCUT2D eigenvalue weighted by atomic mass is 32.2. The van der Waals surface area contributed by atoms with Gasteiger partial charge in [-0.25, -0.2) is 0 Å². The van der Waals surface area contributed by atoms with E-state index in [9.17, 15) is 0 Å². The summed E-state index contributed by atoms with van der Waals surface area (Å²) < 4.78 is 4.96. The maximum Gasteiger partial charge on any atom is 0.0803 e. The monoisotopic (exact) mass is 221 g/mol. The van der Waals surface area contributed by atoms with Gasteiger partial charge < -0.3 is 4.74 Å². The second-order valence-corrected chi connectivity index (χ2v) is 4.31. The molecule has 0 aromatic heterocycles. The van der Waals surface area contributed by atoms with Gasteiger partial charge in [0, 0.05) is 18.6 Å². The minimum atomic E-state index is -0.00643. The fourth-order valence-electron chi connectivity index (χ4n) is 1.24. The molecular formula is C12H15NOS. The Labute approximate surface area is 95.3 Å². The average Bonchev–Trinajstić information content (AvgIpc) is 2.30. The fourth-order valence-corrected chi connectivity index (χ4v) is 2.19. The van der Waals surface area contributed by atoms with E-state index in [2.05, 4.69) is 6.07 Å². The van der Waals surface area contributed by atoms with Crippen molar-refractivity contribution < 1.29 is 4.74 Å². The van der Waals surface area contributed by atoms with Gasteiger partial charge in [-0.3, -0.25) is 0 Å². The molecule has 1 unspecified atom stereocenters. The molecular weight excluding hydrogens is 206 g/mol. The molecule has 1 atom stereocenters. The molecule has 0 bridgehead atoms. The van der Waals surface area contributed by atoms with E-state index < -0.39 is 0 Å². The summed E-state index contributed by atoms with van der Waals surface area (Å²) in [4.78, 5) is 0. The summed E-state index contributed by atoms with van der Waals surface area (Å²) in [5.74, 6) is 1.78. The van der Waals surface area contributed by atoms with Crippen molar-refractivity contribution in [1.29, 1.82) is 5.26 Å². The predicted octanol–water partition coefficient (Wildman–Crippen LogP) is 2.67. The highest BCUT2D eigenvalue weighted by molar-refractivity contribution is 7.99. The molecule has 0 saturated carbocycles. The van der Waals surface area contributed by atoms with Crippen LogP contribution in [0.4, 0.5) is 0 Å². The van der Waals surface area contributed by atoms with Crippen LogP contribution in [0.15, 0.2) is 30.3 Å². The summed E-state index contributed by atoms with van der Waals surface area (Å²) >= 11 is 1.76. The molecule has 3 heteroatoms. The van der Waals surface area contributed by atoms with E-state index in [4.69, 9.17) is 10.00 Å². The zero-order chi connectivity index (χ0) is 10.9. The van der Waals surface area contributed by atoms with Crippen molar-refractivity contribution in [2.45, 2.75) is 5.92 Å². The molecule has 0 heterocycles. The van der Waals surface area contributed by atoms with Crippen molar-refractivity contribution in [3.8, 4) is 6.07 Å². The Morgan fingerprint density at radius 3 is 2.73 bits per heavy atom. The molecule has 1 aromatic carbocycles. The van der Waals surface area contributed by atoms with E-state index in [1.54, 1.807) is 18.9 Å². The third-order valence-electron chi connectivity index (χ3n) is 2.07. The number of rotatable bonds is 6. The first-order valence-corrected chi connectivity index (χ1v) is 6.05. The Morgan fingerprint density at radius 1 is 1.40 bits per heavy atom. The zero-order valence-electron chi connectivity index (χ0n) is 8.85. The van der Waals surface area contributed by atoms with Crippen LogP contribution in [0.25, 0.3) is 0 Å². The number of methoxy groups -OCH3 is 1. The van der Waals surface area contributed by atoms with Crippen LogP contribution in [-0.2, 0) is 4.74 Å². The van der Waals surface area contributed by atoms with Crippen molar-refractivity contribution in [2.75, 3.05) is 25.2 Å². The maximum atomic E-state index is 9.04. The minimum absolute atomic E-state index is 0.00643. The molecule has 0 aliphatic carbocycles. The van der Waals surface area contributed by atoms with Crippen molar-refractivity contribution in [2.24, 2.45) is 0 Å². The van der Waals surface area contributed by atoms with Crippen molar-refractivity contribution in [3.05, 3.63) is 35.9 Å².